The molecule has 3 rings (SSSR count). The van der Waals surface area contributed by atoms with Gasteiger partial charge in [-0.3, -0.25) is 0 Å². The van der Waals surface area contributed by atoms with Gasteiger partial charge >= 0.3 is 0 Å². The highest BCUT2D eigenvalue weighted by Gasteiger charge is 2.16. The summed E-state index contributed by atoms with van der Waals surface area (Å²) in [4.78, 5) is 1.36. The Morgan fingerprint density at radius 3 is 2.94 bits per heavy atom. The Kier molecular flexibility index (Phi) is 3.21. The van der Waals surface area contributed by atoms with Gasteiger partial charge in [0.25, 0.3) is 0 Å². The summed E-state index contributed by atoms with van der Waals surface area (Å²) in [6.07, 6.45) is 0.952. The third-order valence-corrected chi connectivity index (χ3v) is 4.10. The first-order valence-electron chi connectivity index (χ1n) is 5.96. The summed E-state index contributed by atoms with van der Waals surface area (Å²) in [7, 11) is 2.00. The SMILES string of the molecule is CNC(Cc1ccc2c(c1)OCO2)c1cccs1. The van der Waals surface area contributed by atoms with Gasteiger partial charge in [-0.15, -0.1) is 11.3 Å². The smallest absolute Gasteiger partial charge is 0.231 e. The summed E-state index contributed by atoms with van der Waals surface area (Å²) in [6.45, 7) is 0.333. The van der Waals surface area contributed by atoms with Crippen LogP contribution < -0.4 is 14.8 Å². The topological polar surface area (TPSA) is 30.5 Å². The first kappa shape index (κ1) is 11.6. The number of hydrogen-bond donors (Lipinski definition) is 1. The second kappa shape index (κ2) is 5.00. The monoisotopic (exact) mass is 261 g/mol. The fraction of sp³-hybridized carbons (Fsp3) is 0.286. The van der Waals surface area contributed by atoms with Gasteiger partial charge in [0.05, 0.1) is 0 Å². The average Bonchev–Trinajstić information content (AvgIpc) is 3.06. The van der Waals surface area contributed by atoms with Crippen LogP contribution in [0.3, 0.4) is 0 Å². The van der Waals surface area contributed by atoms with Gasteiger partial charge in [0.15, 0.2) is 11.5 Å². The molecule has 1 atom stereocenters. The third-order valence-electron chi connectivity index (χ3n) is 3.11. The Morgan fingerprint density at radius 2 is 2.17 bits per heavy atom. The molecule has 1 aromatic heterocycles. The quantitative estimate of drug-likeness (QED) is 0.917. The molecule has 94 valence electrons. The van der Waals surface area contributed by atoms with Gasteiger partial charge in [-0.05, 0) is 42.6 Å². The summed E-state index contributed by atoms with van der Waals surface area (Å²) in [5.41, 5.74) is 1.26. The summed E-state index contributed by atoms with van der Waals surface area (Å²) in [5.74, 6) is 1.70. The number of benzene rings is 1. The zero-order valence-corrected chi connectivity index (χ0v) is 11.0. The molecule has 1 aliphatic heterocycles. The van der Waals surface area contributed by atoms with Crippen LogP contribution in [0.5, 0.6) is 11.5 Å². The average molecular weight is 261 g/mol. The van der Waals surface area contributed by atoms with E-state index in [1.807, 2.05) is 13.1 Å². The molecular formula is C14H15NO2S. The van der Waals surface area contributed by atoms with Gasteiger partial charge in [0, 0.05) is 10.9 Å². The Bertz CT molecular complexity index is 525. The van der Waals surface area contributed by atoms with Crippen LogP contribution in [-0.4, -0.2) is 13.8 Å². The van der Waals surface area contributed by atoms with E-state index in [1.54, 1.807) is 11.3 Å². The molecule has 18 heavy (non-hydrogen) atoms. The molecule has 0 bridgehead atoms. The number of fused-ring (bicyclic) bond motifs is 1. The van der Waals surface area contributed by atoms with E-state index >= 15 is 0 Å². The van der Waals surface area contributed by atoms with E-state index in [4.69, 9.17) is 9.47 Å². The maximum atomic E-state index is 5.40. The third kappa shape index (κ3) is 2.21. The highest BCUT2D eigenvalue weighted by atomic mass is 32.1. The molecule has 4 heteroatoms. The van der Waals surface area contributed by atoms with Gasteiger partial charge in [-0.2, -0.15) is 0 Å². The van der Waals surface area contributed by atoms with Gasteiger partial charge in [-0.1, -0.05) is 12.1 Å². The molecule has 0 radical (unpaired) electrons. The molecule has 1 aliphatic rings. The minimum atomic E-state index is 0.333. The van der Waals surface area contributed by atoms with Crippen LogP contribution in [-0.2, 0) is 6.42 Å². The summed E-state index contributed by atoms with van der Waals surface area (Å²) >= 11 is 1.78. The summed E-state index contributed by atoms with van der Waals surface area (Å²) < 4.78 is 10.7. The first-order chi connectivity index (χ1) is 8.86. The lowest BCUT2D eigenvalue weighted by atomic mass is 10.0. The van der Waals surface area contributed by atoms with Crippen LogP contribution in [0.1, 0.15) is 16.5 Å². The molecule has 2 aromatic rings. The molecule has 1 aromatic carbocycles. The lowest BCUT2D eigenvalue weighted by molar-refractivity contribution is 0.174. The second-order valence-corrected chi connectivity index (χ2v) is 5.23. The Morgan fingerprint density at radius 1 is 1.28 bits per heavy atom. The highest BCUT2D eigenvalue weighted by Crippen LogP contribution is 2.34. The maximum Gasteiger partial charge on any atom is 0.231 e. The van der Waals surface area contributed by atoms with Crippen molar-refractivity contribution in [3.63, 3.8) is 0 Å². The highest BCUT2D eigenvalue weighted by molar-refractivity contribution is 7.10. The van der Waals surface area contributed by atoms with Crippen molar-refractivity contribution in [1.82, 2.24) is 5.32 Å². The van der Waals surface area contributed by atoms with Crippen molar-refractivity contribution in [3.05, 3.63) is 46.2 Å². The van der Waals surface area contributed by atoms with E-state index in [9.17, 15) is 0 Å². The van der Waals surface area contributed by atoms with Gasteiger partial charge in [0.2, 0.25) is 6.79 Å². The zero-order valence-electron chi connectivity index (χ0n) is 10.2. The molecule has 0 saturated carbocycles. The van der Waals surface area contributed by atoms with Crippen molar-refractivity contribution < 1.29 is 9.47 Å². The minimum Gasteiger partial charge on any atom is -0.454 e. The van der Waals surface area contributed by atoms with E-state index in [0.717, 1.165) is 17.9 Å². The van der Waals surface area contributed by atoms with Gasteiger partial charge in [-0.25, -0.2) is 0 Å². The van der Waals surface area contributed by atoms with Crippen LogP contribution in [0.4, 0.5) is 0 Å². The molecule has 0 fully saturated rings. The first-order valence-corrected chi connectivity index (χ1v) is 6.84. The number of rotatable bonds is 4. The Labute approximate surface area is 110 Å². The van der Waals surface area contributed by atoms with Crippen molar-refractivity contribution in [2.24, 2.45) is 0 Å². The molecule has 0 amide bonds. The normalized spacial score (nSPS) is 14.7. The summed E-state index contributed by atoms with van der Waals surface area (Å²) in [5, 5.41) is 5.47. The Hall–Kier alpha value is -1.52. The molecular weight excluding hydrogens is 246 g/mol. The predicted molar refractivity (Wildman–Crippen MR) is 72.4 cm³/mol. The van der Waals surface area contributed by atoms with E-state index in [1.165, 1.54) is 10.4 Å². The van der Waals surface area contributed by atoms with Crippen LogP contribution in [0.25, 0.3) is 0 Å². The molecule has 0 aliphatic carbocycles. The largest absolute Gasteiger partial charge is 0.454 e. The van der Waals surface area contributed by atoms with Crippen LogP contribution in [0.2, 0.25) is 0 Å². The van der Waals surface area contributed by atoms with Gasteiger partial charge in [0.1, 0.15) is 0 Å². The molecule has 0 spiro atoms. The molecule has 0 saturated heterocycles. The molecule has 1 N–H and O–H groups in total. The van der Waals surface area contributed by atoms with Crippen molar-refractivity contribution in [2.75, 3.05) is 13.8 Å². The van der Waals surface area contributed by atoms with E-state index < -0.39 is 0 Å². The minimum absolute atomic E-state index is 0.333. The van der Waals surface area contributed by atoms with Crippen molar-refractivity contribution >= 4 is 11.3 Å². The van der Waals surface area contributed by atoms with Crippen molar-refractivity contribution in [1.29, 1.82) is 0 Å². The maximum absolute atomic E-state index is 5.40. The van der Waals surface area contributed by atoms with Crippen molar-refractivity contribution in [2.45, 2.75) is 12.5 Å². The van der Waals surface area contributed by atoms with Crippen LogP contribution >= 0.6 is 11.3 Å². The fourth-order valence-electron chi connectivity index (χ4n) is 2.14. The summed E-state index contributed by atoms with van der Waals surface area (Å²) in [6, 6.07) is 10.8. The Balaban J connectivity index is 1.79. The standard InChI is InChI=1S/C14H15NO2S/c1-15-11(14-3-2-6-18-14)7-10-4-5-12-13(8-10)17-9-16-12/h2-6,8,11,15H,7,9H2,1H3. The fourth-order valence-corrected chi connectivity index (χ4v) is 2.97. The molecule has 2 heterocycles. The molecule has 3 nitrogen and oxygen atoms in total. The van der Waals surface area contributed by atoms with Crippen LogP contribution in [0, 0.1) is 0 Å². The van der Waals surface area contributed by atoms with Crippen LogP contribution in [0.15, 0.2) is 35.7 Å². The van der Waals surface area contributed by atoms with Crippen molar-refractivity contribution in [3.8, 4) is 11.5 Å². The number of thiophene rings is 1. The van der Waals surface area contributed by atoms with E-state index in [-0.39, 0.29) is 0 Å². The number of nitrogens with one attached hydrogen (secondary N) is 1. The zero-order chi connectivity index (χ0) is 12.4. The van der Waals surface area contributed by atoms with E-state index in [0.29, 0.717) is 12.8 Å². The number of hydrogen-bond acceptors (Lipinski definition) is 4. The lowest BCUT2D eigenvalue weighted by Gasteiger charge is -2.14. The van der Waals surface area contributed by atoms with E-state index in [2.05, 4.69) is 35.0 Å². The lowest BCUT2D eigenvalue weighted by Crippen LogP contribution is -2.17. The number of likely N-dealkylation sites (N-methyl/N-ethyl adjacent to an activating group) is 1. The second-order valence-electron chi connectivity index (χ2n) is 4.25. The number of ether oxygens (including phenoxy) is 2. The van der Waals surface area contributed by atoms with Gasteiger partial charge < -0.3 is 14.8 Å². The predicted octanol–water partition coefficient (Wildman–Crippen LogP) is 2.98. The molecule has 1 unspecified atom stereocenters.